The largest absolute Gasteiger partial charge is 0.240 e. The highest BCUT2D eigenvalue weighted by molar-refractivity contribution is 6.20. The molecular formula is C11H17ClN2. The molecule has 1 aromatic rings. The molecule has 0 aliphatic carbocycles. The van der Waals surface area contributed by atoms with E-state index in [1.165, 1.54) is 0 Å². The zero-order valence-corrected chi connectivity index (χ0v) is 10.2. The molecule has 0 aromatic carbocycles. The second kappa shape index (κ2) is 3.85. The lowest BCUT2D eigenvalue weighted by Crippen LogP contribution is -2.17. The maximum atomic E-state index is 6.00. The summed E-state index contributed by atoms with van der Waals surface area (Å²) in [7, 11) is 0. The molecule has 1 atom stereocenters. The average molecular weight is 213 g/mol. The number of rotatable bonds is 1. The highest BCUT2D eigenvalue weighted by Gasteiger charge is 2.18. The number of hydrogen-bond acceptors (Lipinski definition) is 2. The van der Waals surface area contributed by atoms with Crippen molar-refractivity contribution in [3.63, 3.8) is 0 Å². The van der Waals surface area contributed by atoms with E-state index >= 15 is 0 Å². The lowest BCUT2D eigenvalue weighted by Gasteiger charge is -2.18. The lowest BCUT2D eigenvalue weighted by molar-refractivity contribution is 0.541. The number of alkyl halides is 1. The van der Waals surface area contributed by atoms with E-state index in [2.05, 4.69) is 30.7 Å². The molecule has 1 aromatic heterocycles. The third-order valence-electron chi connectivity index (χ3n) is 2.12. The Balaban J connectivity index is 3.13. The van der Waals surface area contributed by atoms with Gasteiger partial charge in [0.2, 0.25) is 0 Å². The van der Waals surface area contributed by atoms with Gasteiger partial charge in [0.05, 0.1) is 5.38 Å². The number of hydrogen-bond donors (Lipinski definition) is 0. The molecule has 1 heterocycles. The van der Waals surface area contributed by atoms with Gasteiger partial charge in [-0.15, -0.1) is 11.6 Å². The van der Waals surface area contributed by atoms with Crippen molar-refractivity contribution < 1.29 is 0 Å². The van der Waals surface area contributed by atoms with E-state index < -0.39 is 0 Å². The van der Waals surface area contributed by atoms with Crippen LogP contribution >= 0.6 is 11.6 Å². The highest BCUT2D eigenvalue weighted by Crippen LogP contribution is 2.24. The van der Waals surface area contributed by atoms with Crippen LogP contribution in [0.2, 0.25) is 0 Å². The fraction of sp³-hybridized carbons (Fsp3) is 0.636. The van der Waals surface area contributed by atoms with Crippen molar-refractivity contribution in [3.05, 3.63) is 23.3 Å². The Morgan fingerprint density at radius 1 is 1.36 bits per heavy atom. The molecule has 0 radical (unpaired) electrons. The summed E-state index contributed by atoms with van der Waals surface area (Å²) in [4.78, 5) is 8.81. The van der Waals surface area contributed by atoms with Gasteiger partial charge in [0.1, 0.15) is 5.82 Å². The van der Waals surface area contributed by atoms with E-state index in [4.69, 9.17) is 11.6 Å². The minimum atomic E-state index is -0.0241. The van der Waals surface area contributed by atoms with Gasteiger partial charge in [-0.25, -0.2) is 9.97 Å². The molecule has 0 aliphatic rings. The van der Waals surface area contributed by atoms with Gasteiger partial charge in [-0.3, -0.25) is 0 Å². The minimum Gasteiger partial charge on any atom is -0.240 e. The summed E-state index contributed by atoms with van der Waals surface area (Å²) in [5, 5.41) is -0.0241. The molecule has 2 nitrogen and oxygen atoms in total. The fourth-order valence-corrected chi connectivity index (χ4v) is 1.44. The molecule has 78 valence electrons. The van der Waals surface area contributed by atoms with Gasteiger partial charge in [0.25, 0.3) is 0 Å². The van der Waals surface area contributed by atoms with Gasteiger partial charge in [-0.2, -0.15) is 0 Å². The first kappa shape index (κ1) is 11.4. The first-order valence-electron chi connectivity index (χ1n) is 4.80. The second-order valence-electron chi connectivity index (χ2n) is 4.60. The summed E-state index contributed by atoms with van der Waals surface area (Å²) in [6.07, 6.45) is 1.83. The fourth-order valence-electron chi connectivity index (χ4n) is 1.23. The molecule has 3 heteroatoms. The van der Waals surface area contributed by atoms with Gasteiger partial charge in [-0.05, 0) is 13.8 Å². The number of aryl methyl sites for hydroxylation is 1. The van der Waals surface area contributed by atoms with Crippen molar-refractivity contribution in [1.82, 2.24) is 9.97 Å². The van der Waals surface area contributed by atoms with Crippen LogP contribution < -0.4 is 0 Å². The first-order valence-corrected chi connectivity index (χ1v) is 5.24. The van der Waals surface area contributed by atoms with Crippen molar-refractivity contribution in [2.24, 2.45) is 0 Å². The van der Waals surface area contributed by atoms with Crippen molar-refractivity contribution in [1.29, 1.82) is 0 Å². The molecule has 0 spiro atoms. The topological polar surface area (TPSA) is 25.8 Å². The van der Waals surface area contributed by atoms with Crippen LogP contribution in [0.1, 0.15) is 50.2 Å². The maximum Gasteiger partial charge on any atom is 0.133 e. The Hall–Kier alpha value is -0.630. The van der Waals surface area contributed by atoms with Crippen LogP contribution in [0.3, 0.4) is 0 Å². The third kappa shape index (κ3) is 2.44. The third-order valence-corrected chi connectivity index (χ3v) is 2.35. The SMILES string of the molecule is Cc1nc(C(C)(C)C)ncc1C(C)Cl. The summed E-state index contributed by atoms with van der Waals surface area (Å²) in [5.74, 6) is 0.871. The number of nitrogens with zero attached hydrogens (tertiary/aromatic N) is 2. The van der Waals surface area contributed by atoms with E-state index in [0.717, 1.165) is 17.1 Å². The highest BCUT2D eigenvalue weighted by atomic mass is 35.5. The molecule has 0 bridgehead atoms. The van der Waals surface area contributed by atoms with Crippen LogP contribution in [0.5, 0.6) is 0 Å². The van der Waals surface area contributed by atoms with Crippen molar-refractivity contribution >= 4 is 11.6 Å². The minimum absolute atomic E-state index is 0.00115. The van der Waals surface area contributed by atoms with Crippen LogP contribution in [0.15, 0.2) is 6.20 Å². The molecule has 0 saturated heterocycles. The van der Waals surface area contributed by atoms with E-state index in [1.807, 2.05) is 20.0 Å². The van der Waals surface area contributed by atoms with Crippen LogP contribution in [0.4, 0.5) is 0 Å². The van der Waals surface area contributed by atoms with Gasteiger partial charge >= 0.3 is 0 Å². The van der Waals surface area contributed by atoms with Crippen LogP contribution in [0, 0.1) is 6.92 Å². The van der Waals surface area contributed by atoms with Gasteiger partial charge in [0, 0.05) is 22.9 Å². The van der Waals surface area contributed by atoms with Gasteiger partial charge in [0.15, 0.2) is 0 Å². The smallest absolute Gasteiger partial charge is 0.133 e. The second-order valence-corrected chi connectivity index (χ2v) is 5.26. The van der Waals surface area contributed by atoms with E-state index in [1.54, 1.807) is 0 Å². The van der Waals surface area contributed by atoms with Crippen LogP contribution in [0.25, 0.3) is 0 Å². The first-order chi connectivity index (χ1) is 6.32. The normalized spacial score (nSPS) is 14.1. The molecule has 1 rings (SSSR count). The Labute approximate surface area is 90.7 Å². The molecule has 0 aliphatic heterocycles. The molecule has 0 fully saturated rings. The number of halogens is 1. The molecule has 0 N–H and O–H groups in total. The van der Waals surface area contributed by atoms with E-state index in [9.17, 15) is 0 Å². The standard InChI is InChI=1S/C11H17ClN2/c1-7(12)9-6-13-10(11(3,4)5)14-8(9)2/h6-7H,1-5H3. The van der Waals surface area contributed by atoms with Crippen LogP contribution in [-0.2, 0) is 5.41 Å². The summed E-state index contributed by atoms with van der Waals surface area (Å²) in [5.41, 5.74) is 1.99. The quantitative estimate of drug-likeness (QED) is 0.667. The summed E-state index contributed by atoms with van der Waals surface area (Å²) >= 11 is 6.00. The number of aromatic nitrogens is 2. The zero-order chi connectivity index (χ0) is 10.9. The summed E-state index contributed by atoms with van der Waals surface area (Å²) < 4.78 is 0. The summed E-state index contributed by atoms with van der Waals surface area (Å²) in [6.45, 7) is 10.2. The predicted octanol–water partition coefficient (Wildman–Crippen LogP) is 3.38. The molecule has 0 saturated carbocycles. The predicted molar refractivity (Wildman–Crippen MR) is 59.7 cm³/mol. The summed E-state index contributed by atoms with van der Waals surface area (Å²) in [6, 6.07) is 0. The van der Waals surface area contributed by atoms with Crippen LogP contribution in [-0.4, -0.2) is 9.97 Å². The van der Waals surface area contributed by atoms with Gasteiger partial charge in [-0.1, -0.05) is 20.8 Å². The Kier molecular flexibility index (Phi) is 3.15. The Morgan fingerprint density at radius 3 is 2.29 bits per heavy atom. The Bertz CT molecular complexity index is 327. The van der Waals surface area contributed by atoms with Gasteiger partial charge < -0.3 is 0 Å². The Morgan fingerprint density at radius 2 is 1.93 bits per heavy atom. The molecule has 1 unspecified atom stereocenters. The molecular weight excluding hydrogens is 196 g/mol. The van der Waals surface area contributed by atoms with E-state index in [-0.39, 0.29) is 10.8 Å². The maximum absolute atomic E-state index is 6.00. The zero-order valence-electron chi connectivity index (χ0n) is 9.43. The van der Waals surface area contributed by atoms with E-state index in [0.29, 0.717) is 0 Å². The average Bonchev–Trinajstić information content (AvgIpc) is 2.01. The lowest BCUT2D eigenvalue weighted by atomic mass is 9.95. The molecule has 14 heavy (non-hydrogen) atoms. The van der Waals surface area contributed by atoms with Crippen molar-refractivity contribution in [2.75, 3.05) is 0 Å². The molecule has 0 amide bonds. The van der Waals surface area contributed by atoms with Crippen molar-refractivity contribution in [2.45, 2.75) is 45.4 Å². The van der Waals surface area contributed by atoms with Crippen molar-refractivity contribution in [3.8, 4) is 0 Å². The monoisotopic (exact) mass is 212 g/mol.